The number of carboxylic acids is 1. The van der Waals surface area contributed by atoms with E-state index < -0.39 is 165 Å². The van der Waals surface area contributed by atoms with Crippen molar-refractivity contribution in [3.05, 3.63) is 110 Å². The molecule has 39 heteroatoms. The summed E-state index contributed by atoms with van der Waals surface area (Å²) in [6.45, 7) is 14.4. The Labute approximate surface area is 721 Å². The van der Waals surface area contributed by atoms with Crippen LogP contribution in [0.2, 0.25) is 0 Å². The van der Waals surface area contributed by atoms with Gasteiger partial charge in [0.2, 0.25) is 6.29 Å². The molecule has 9 heterocycles. The third-order valence-electron chi connectivity index (χ3n) is 26.3. The van der Waals surface area contributed by atoms with Gasteiger partial charge in [0.05, 0.1) is 58.2 Å². The number of benzene rings is 3. The molecular formula is C85H105Cl2F3N4O30. The van der Waals surface area contributed by atoms with Crippen LogP contribution >= 0.6 is 23.2 Å². The molecule has 7 fully saturated rings. The van der Waals surface area contributed by atoms with Gasteiger partial charge in [-0.1, -0.05) is 43.8 Å². The van der Waals surface area contributed by atoms with Crippen molar-refractivity contribution in [3.8, 4) is 17.2 Å². The number of alkyl halides is 5. The van der Waals surface area contributed by atoms with Gasteiger partial charge < -0.3 is 113 Å². The lowest BCUT2D eigenvalue weighted by atomic mass is 9.49. The molecule has 3 aromatic rings. The van der Waals surface area contributed by atoms with Gasteiger partial charge in [-0.15, -0.1) is 28.3 Å². The molecule has 18 rings (SSSR count). The number of aldehydes is 1. The van der Waals surface area contributed by atoms with Gasteiger partial charge >= 0.3 is 36.0 Å². The number of amides is 2. The molecule has 0 radical (unpaired) electrons. The third-order valence-corrected chi connectivity index (χ3v) is 26.3. The lowest BCUT2D eigenvalue weighted by Crippen LogP contribution is -2.76. The van der Waals surface area contributed by atoms with Crippen LogP contribution in [-0.2, 0) is 141 Å². The Bertz CT molecular complexity index is 4830. The Morgan fingerprint density at radius 3 is 1.30 bits per heavy atom. The summed E-state index contributed by atoms with van der Waals surface area (Å²) in [5, 5.41) is 94.6. The largest absolute Gasteiger partial charge is 0.481 e. The van der Waals surface area contributed by atoms with Gasteiger partial charge in [-0.25, -0.2) is 24.0 Å². The first-order valence-electron chi connectivity index (χ1n) is 40.3. The molecule has 9 N–H and O–H groups in total. The van der Waals surface area contributed by atoms with Crippen LogP contribution in [0.4, 0.5) is 13.2 Å². The number of hydroxylamine groups is 2. The predicted octanol–water partition coefficient (Wildman–Crippen LogP) is 3.71. The molecule has 0 aromatic heterocycles. The Balaban J connectivity index is 0.000000149. The summed E-state index contributed by atoms with van der Waals surface area (Å²) in [6.07, 6.45) is -9.32. The van der Waals surface area contributed by atoms with E-state index in [9.17, 15) is 97.2 Å². The van der Waals surface area contributed by atoms with Crippen LogP contribution in [0.3, 0.4) is 0 Å². The molecule has 2 amide bonds. The lowest BCUT2D eigenvalue weighted by Gasteiger charge is -2.62. The van der Waals surface area contributed by atoms with E-state index >= 15 is 0 Å². The number of carboxylic acid groups (broad SMARTS) is 1. The summed E-state index contributed by atoms with van der Waals surface area (Å²) in [6, 6.07) is 11.2. The van der Waals surface area contributed by atoms with Crippen LogP contribution in [0.25, 0.3) is 0 Å². The SMILES string of the molecule is C.CC(=O)[C@@H]1OC(C)(C)O[C@H]1C(=O)ON1C(=O)CCC1=O.CN1CC[C@]23c4c5ccc(CO)c4O[C@H]2C(=O)CC[C@@]3(O)[C@H]1C5.CN1CC[C@]23c4c5ccc(CO)c4O[C@H]2C(OC(=O)[C@@H]2OC(C)(C)O[C@H]2C(=O)OC(C)(C)C)=CC[C@@]3(O)[C@H]1C5.CN1CC[C@]23c4c5ccc(CO)c4O[C@H]2C(OC(=O)[C@H](O)[C@@H](O)C(=O)O)=CC[C@@]3(O)[C@H]1C5.ClCCl.O=CC(F)(F)F. The number of ether oxygens (including phenoxy) is 10. The van der Waals surface area contributed by atoms with E-state index in [4.69, 9.17) is 85.3 Å². The van der Waals surface area contributed by atoms with Crippen molar-refractivity contribution in [1.82, 2.24) is 19.8 Å². The number of nitrogens with zero attached hydrogens (tertiary/aromatic N) is 4. The lowest BCUT2D eigenvalue weighted by molar-refractivity contribution is -0.208. The quantitative estimate of drug-likeness (QED) is 0.0387. The zero-order valence-corrected chi connectivity index (χ0v) is 70.8. The second-order valence-corrected chi connectivity index (χ2v) is 36.1. The maximum Gasteiger partial charge on any atom is 0.446 e. The first kappa shape index (κ1) is 94.9. The van der Waals surface area contributed by atoms with Crippen molar-refractivity contribution >= 4 is 82.7 Å². The standard InChI is InChI=1S/C29H37NO9.C22H25NO9.C18H21NO4.C12H15NO7.C2HF3O.CH2Cl2.CH4/c1-26(2,3)39-25(33)22-21(37-27(4,5)38-22)24(32)35-17-9-10-29(34)18-13-15-7-8-16(14-31)20-19(15)28(29,23(17)36-20)11-12-30(18)6;1-23-7-6-21-14-10-2-3-11(9-24)17(14)32-18(21)12(4-5-22(21,30)13(23)8-10)31-20(29)16(26)15(25)19(27)28;1-19-7-6-17-14-10-2-3-11(9-20)15(14)23-16(17)12(21)4-5-18(17,22)13(19)8-10;1-6(14)9-10(19-12(2,3)18-9)11(17)20-13-7(15)4-5-8(13)16;3-2(4,5)1-6;2-1-3;/h7-9,18,21-23,31,34H,10-14H2,1-6H3;2-4,13,15-16,18,24-26,30H,5-9H2,1H3,(H,27,28);2-3,13,16,20,22H,4-9H2,1H3;9-10H,4-5H2,1-3H3;1H;1H2;1H4/t18-,21-,22-,23+,28+,29-;13-,15-,16-,18+,21+,22-;13-,16+,17+,18-;9-,10+;;;/m1110.../s1. The van der Waals surface area contributed by atoms with Crippen LogP contribution in [0.5, 0.6) is 17.2 Å². The fraction of sp³-hybridized carbons (Fsp3) is 0.624. The minimum Gasteiger partial charge on any atom is -0.481 e. The summed E-state index contributed by atoms with van der Waals surface area (Å²) < 4.78 is 89.1. The van der Waals surface area contributed by atoms with Crippen LogP contribution in [0.15, 0.2) is 60.1 Å². The summed E-state index contributed by atoms with van der Waals surface area (Å²) in [7, 11) is 6.03. The number of imide groups is 1. The number of aliphatic hydroxyl groups is 8. The maximum atomic E-state index is 13.6. The molecule has 6 aliphatic carbocycles. The van der Waals surface area contributed by atoms with Crippen molar-refractivity contribution in [2.45, 2.75) is 289 Å². The number of aliphatic carboxylic acids is 1. The number of hydrogen-bond acceptors (Lipinski definition) is 32. The fourth-order valence-electron chi connectivity index (χ4n) is 21.1. The fourth-order valence-corrected chi connectivity index (χ4v) is 21.1. The number of ketones is 2. The molecule has 124 heavy (non-hydrogen) atoms. The van der Waals surface area contributed by atoms with Crippen molar-refractivity contribution in [2.75, 3.05) is 46.1 Å². The van der Waals surface area contributed by atoms with Gasteiger partial charge in [0.15, 0.2) is 78.1 Å². The summed E-state index contributed by atoms with van der Waals surface area (Å²) in [4.78, 5) is 129. The second-order valence-electron chi connectivity index (χ2n) is 35.3. The van der Waals surface area contributed by atoms with Gasteiger partial charge in [-0.2, -0.15) is 13.2 Å². The zero-order chi connectivity index (χ0) is 90.1. The van der Waals surface area contributed by atoms with E-state index in [1.54, 1.807) is 60.6 Å². The number of halogens is 5. The number of likely N-dealkylation sites (tertiary alicyclic amines) is 3. The summed E-state index contributed by atoms with van der Waals surface area (Å²) >= 11 is 9.53. The number of likely N-dealkylation sites (N-methyl/N-ethyl adjacent to an activating group) is 3. The van der Waals surface area contributed by atoms with E-state index in [1.165, 1.54) is 13.0 Å². The Kier molecular flexibility index (Phi) is 26.4. The number of rotatable bonds is 13. The highest BCUT2D eigenvalue weighted by atomic mass is 35.5. The minimum absolute atomic E-state index is 0. The minimum atomic E-state index is -4.64. The molecule has 680 valence electrons. The molecule has 6 saturated heterocycles. The van der Waals surface area contributed by atoms with Gasteiger partial charge in [0.1, 0.15) is 34.4 Å². The number of Topliss-reactive ketones (excluding diaryl/α,β-unsaturated/α-hetero) is 2. The van der Waals surface area contributed by atoms with E-state index in [0.717, 1.165) is 64.9 Å². The molecule has 9 aliphatic heterocycles. The van der Waals surface area contributed by atoms with Gasteiger partial charge in [-0.05, 0) is 170 Å². The first-order chi connectivity index (χ1) is 57.6. The van der Waals surface area contributed by atoms with Crippen LogP contribution < -0.4 is 14.2 Å². The summed E-state index contributed by atoms with van der Waals surface area (Å²) in [5.41, 5.74) is 1.37. The topological polar surface area (TPSA) is 467 Å². The molecule has 3 aromatic carbocycles. The van der Waals surface area contributed by atoms with Crippen molar-refractivity contribution in [3.63, 3.8) is 0 Å². The maximum absolute atomic E-state index is 13.6. The van der Waals surface area contributed by atoms with Gasteiger partial charge in [-0.3, -0.25) is 24.0 Å². The Hall–Kier alpha value is -8.19. The Morgan fingerprint density at radius 2 is 0.919 bits per heavy atom. The average molecular weight is 1790 g/mol. The highest BCUT2D eigenvalue weighted by molar-refractivity contribution is 6.40. The third kappa shape index (κ3) is 15.8. The number of piperidine rings is 3. The number of hydrogen-bond donors (Lipinski definition) is 9. The zero-order valence-electron chi connectivity index (χ0n) is 69.3. The number of carbonyl (C=O) groups excluding carboxylic acids is 9. The molecule has 15 aliphatic rings. The second kappa shape index (κ2) is 34.4. The first-order valence-corrected chi connectivity index (χ1v) is 41.3. The smallest absolute Gasteiger partial charge is 0.446 e. The molecule has 0 unspecified atom stereocenters. The van der Waals surface area contributed by atoms with Crippen LogP contribution in [-0.4, -0.2) is 285 Å². The molecule has 1 saturated carbocycles. The van der Waals surface area contributed by atoms with Gasteiger partial charge in [0, 0.05) is 83.6 Å². The highest BCUT2D eigenvalue weighted by Gasteiger charge is 2.76. The van der Waals surface area contributed by atoms with E-state index in [1.807, 2.05) is 44.4 Å². The number of esters is 3. The van der Waals surface area contributed by atoms with Gasteiger partial charge in [0.25, 0.3) is 11.8 Å². The predicted molar refractivity (Wildman–Crippen MR) is 423 cm³/mol. The molecule has 34 nitrogen and oxygen atoms in total. The van der Waals surface area contributed by atoms with Crippen LogP contribution in [0.1, 0.15) is 171 Å². The Morgan fingerprint density at radius 1 is 0.556 bits per heavy atom. The average Bonchev–Trinajstić information content (AvgIpc) is 1.46. The van der Waals surface area contributed by atoms with Crippen LogP contribution in [0, 0.1) is 0 Å². The number of aliphatic hydroxyl groups excluding tert-OH is 5. The van der Waals surface area contributed by atoms with E-state index in [0.29, 0.717) is 78.5 Å². The van der Waals surface area contributed by atoms with Crippen molar-refractivity contribution in [2.24, 2.45) is 0 Å². The monoisotopic (exact) mass is 1790 g/mol. The van der Waals surface area contributed by atoms with Crippen molar-refractivity contribution < 1.29 is 159 Å². The number of carbonyl (C=O) groups is 10. The normalized spacial score (nSPS) is 33.0. The molecular weight excluding hydrogens is 1680 g/mol. The summed E-state index contributed by atoms with van der Waals surface area (Å²) in [5.74, 6) is -7.45. The van der Waals surface area contributed by atoms with E-state index in [-0.39, 0.29) is 93.7 Å². The van der Waals surface area contributed by atoms with Crippen molar-refractivity contribution in [1.29, 1.82) is 0 Å². The molecule has 18 atom stereocenters. The highest BCUT2D eigenvalue weighted by Crippen LogP contribution is 2.68. The molecule has 6 bridgehead atoms. The van der Waals surface area contributed by atoms with E-state index in [2.05, 4.69) is 21.7 Å². The molecule has 3 spiro atoms.